The number of nitrogens with zero attached hydrogens (tertiary/aromatic N) is 4. The first-order chi connectivity index (χ1) is 15.0. The van der Waals surface area contributed by atoms with Crippen molar-refractivity contribution in [2.45, 2.75) is 46.4 Å². The number of aryl methyl sites for hydroxylation is 2. The molecule has 1 atom stereocenters. The molecule has 0 aliphatic carbocycles. The second-order valence-electron chi connectivity index (χ2n) is 7.47. The molecule has 4 aromatic rings. The number of aromatic nitrogens is 4. The van der Waals surface area contributed by atoms with Crippen LogP contribution in [0.3, 0.4) is 0 Å². The van der Waals surface area contributed by atoms with E-state index in [4.69, 9.17) is 4.98 Å². The monoisotopic (exact) mass is 434 g/mol. The van der Waals surface area contributed by atoms with E-state index in [9.17, 15) is 4.79 Å². The third-order valence-electron chi connectivity index (χ3n) is 5.18. The zero-order valence-corrected chi connectivity index (χ0v) is 18.7. The van der Waals surface area contributed by atoms with Gasteiger partial charge in [0.15, 0.2) is 0 Å². The molecule has 0 aliphatic heterocycles. The second-order valence-corrected chi connectivity index (χ2v) is 8.54. The maximum absolute atomic E-state index is 12.4. The van der Waals surface area contributed by atoms with Gasteiger partial charge >= 0.3 is 0 Å². The number of nitrogens with one attached hydrogen (secondary N) is 2. The van der Waals surface area contributed by atoms with Gasteiger partial charge in [-0.1, -0.05) is 53.3 Å². The minimum Gasteiger partial charge on any atom is -0.346 e. The molecule has 2 aromatic carbocycles. The Morgan fingerprint density at radius 1 is 1.10 bits per heavy atom. The van der Waals surface area contributed by atoms with Crippen LogP contribution in [-0.4, -0.2) is 25.7 Å². The maximum atomic E-state index is 12.4. The Labute approximate surface area is 185 Å². The third kappa shape index (κ3) is 4.81. The molecule has 160 valence electrons. The largest absolute Gasteiger partial charge is 0.346 e. The molecule has 0 saturated carbocycles. The summed E-state index contributed by atoms with van der Waals surface area (Å²) >= 11 is 1.31. The summed E-state index contributed by atoms with van der Waals surface area (Å²) in [5.41, 5.74) is 4.38. The summed E-state index contributed by atoms with van der Waals surface area (Å²) in [7, 11) is 0. The van der Waals surface area contributed by atoms with Crippen LogP contribution in [0.2, 0.25) is 0 Å². The van der Waals surface area contributed by atoms with Gasteiger partial charge in [0.2, 0.25) is 5.01 Å². The van der Waals surface area contributed by atoms with Crippen molar-refractivity contribution in [1.82, 2.24) is 30.4 Å². The van der Waals surface area contributed by atoms with Gasteiger partial charge in [0, 0.05) is 13.1 Å². The van der Waals surface area contributed by atoms with Crippen molar-refractivity contribution in [2.75, 3.05) is 0 Å². The summed E-state index contributed by atoms with van der Waals surface area (Å²) in [6, 6.07) is 16.3. The van der Waals surface area contributed by atoms with Crippen LogP contribution < -0.4 is 10.6 Å². The quantitative estimate of drug-likeness (QED) is 0.438. The molecule has 31 heavy (non-hydrogen) atoms. The van der Waals surface area contributed by atoms with Crippen molar-refractivity contribution in [3.63, 3.8) is 0 Å². The first kappa shape index (κ1) is 21.1. The van der Waals surface area contributed by atoms with E-state index in [1.54, 1.807) is 0 Å². The van der Waals surface area contributed by atoms with Crippen LogP contribution in [0, 0.1) is 6.92 Å². The molecule has 7 nitrogen and oxygen atoms in total. The Hall–Kier alpha value is -3.10. The molecule has 1 amide bonds. The van der Waals surface area contributed by atoms with Crippen LogP contribution >= 0.6 is 11.3 Å². The van der Waals surface area contributed by atoms with Crippen LogP contribution in [0.1, 0.15) is 51.7 Å². The molecule has 0 bridgehead atoms. The summed E-state index contributed by atoms with van der Waals surface area (Å²) in [6.45, 7) is 8.09. The highest BCUT2D eigenvalue weighted by Crippen LogP contribution is 2.21. The van der Waals surface area contributed by atoms with Crippen molar-refractivity contribution in [1.29, 1.82) is 0 Å². The average molecular weight is 435 g/mol. The van der Waals surface area contributed by atoms with Gasteiger partial charge in [0.25, 0.3) is 5.91 Å². The number of rotatable bonds is 8. The molecule has 4 rings (SSSR count). The lowest BCUT2D eigenvalue weighted by atomic mass is 10.1. The van der Waals surface area contributed by atoms with Gasteiger partial charge in [-0.15, -0.1) is 10.2 Å². The first-order valence-corrected chi connectivity index (χ1v) is 11.2. The standard InChI is InChI=1S/C23H26N6OS/c1-4-29-19-8-6-5-7-18(19)26-21(29)16(3)24-14-20-27-28-23(31-20)22(30)25-13-17-11-9-15(2)10-12-17/h5-12,16,24H,4,13-14H2,1-3H3,(H,25,30)/t16-/m0/s1. The van der Waals surface area contributed by atoms with Crippen LogP contribution in [-0.2, 0) is 19.6 Å². The molecule has 0 fully saturated rings. The maximum Gasteiger partial charge on any atom is 0.282 e. The smallest absolute Gasteiger partial charge is 0.282 e. The van der Waals surface area contributed by atoms with Gasteiger partial charge in [0.05, 0.1) is 23.6 Å². The van der Waals surface area contributed by atoms with Gasteiger partial charge in [-0.3, -0.25) is 4.79 Å². The predicted octanol–water partition coefficient (Wildman–Crippen LogP) is 4.00. The van der Waals surface area contributed by atoms with E-state index in [1.165, 1.54) is 16.9 Å². The Balaban J connectivity index is 1.35. The lowest BCUT2D eigenvalue weighted by molar-refractivity contribution is 0.0950. The lowest BCUT2D eigenvalue weighted by Crippen LogP contribution is -2.22. The number of hydrogen-bond acceptors (Lipinski definition) is 6. The number of para-hydroxylation sites is 2. The van der Waals surface area contributed by atoms with E-state index >= 15 is 0 Å². The zero-order valence-electron chi connectivity index (χ0n) is 17.9. The molecule has 0 unspecified atom stereocenters. The number of benzene rings is 2. The van der Waals surface area contributed by atoms with E-state index in [2.05, 4.69) is 45.3 Å². The fraction of sp³-hybridized carbons (Fsp3) is 0.304. The van der Waals surface area contributed by atoms with Gasteiger partial charge in [-0.2, -0.15) is 0 Å². The first-order valence-electron chi connectivity index (χ1n) is 10.4. The highest BCUT2D eigenvalue weighted by molar-refractivity contribution is 7.13. The van der Waals surface area contributed by atoms with Crippen LogP contribution in [0.25, 0.3) is 11.0 Å². The molecule has 2 aromatic heterocycles. The summed E-state index contributed by atoms with van der Waals surface area (Å²) in [6.07, 6.45) is 0. The Morgan fingerprint density at radius 2 is 1.87 bits per heavy atom. The normalized spacial score (nSPS) is 12.2. The van der Waals surface area contributed by atoms with E-state index in [-0.39, 0.29) is 11.9 Å². The summed E-state index contributed by atoms with van der Waals surface area (Å²) < 4.78 is 2.22. The minimum atomic E-state index is -0.204. The number of carbonyl (C=O) groups excluding carboxylic acids is 1. The predicted molar refractivity (Wildman–Crippen MR) is 123 cm³/mol. The van der Waals surface area contributed by atoms with Gasteiger partial charge < -0.3 is 15.2 Å². The summed E-state index contributed by atoms with van der Waals surface area (Å²) in [5, 5.41) is 15.7. The fourth-order valence-corrected chi connectivity index (χ4v) is 4.18. The van der Waals surface area contributed by atoms with Crippen molar-refractivity contribution in [3.8, 4) is 0 Å². The Kier molecular flexibility index (Phi) is 6.39. The van der Waals surface area contributed by atoms with E-state index in [0.717, 1.165) is 34.0 Å². The molecule has 0 spiro atoms. The molecular weight excluding hydrogens is 408 g/mol. The molecular formula is C23H26N6OS. The average Bonchev–Trinajstić information content (AvgIpc) is 3.41. The second kappa shape index (κ2) is 9.36. The van der Waals surface area contributed by atoms with Crippen LogP contribution in [0.4, 0.5) is 0 Å². The van der Waals surface area contributed by atoms with Crippen LogP contribution in [0.5, 0.6) is 0 Å². The Morgan fingerprint density at radius 3 is 2.65 bits per heavy atom. The highest BCUT2D eigenvalue weighted by atomic mass is 32.1. The number of hydrogen-bond donors (Lipinski definition) is 2. The van der Waals surface area contributed by atoms with Crippen molar-refractivity contribution in [3.05, 3.63) is 75.5 Å². The van der Waals surface area contributed by atoms with Gasteiger partial charge in [-0.25, -0.2) is 4.98 Å². The highest BCUT2D eigenvalue weighted by Gasteiger charge is 2.17. The lowest BCUT2D eigenvalue weighted by Gasteiger charge is -2.14. The Bertz CT molecular complexity index is 1180. The van der Waals surface area contributed by atoms with E-state index in [0.29, 0.717) is 18.1 Å². The summed E-state index contributed by atoms with van der Waals surface area (Å²) in [5.74, 6) is 0.787. The zero-order chi connectivity index (χ0) is 21.8. The third-order valence-corrected chi connectivity index (χ3v) is 6.10. The molecule has 8 heteroatoms. The summed E-state index contributed by atoms with van der Waals surface area (Å²) in [4.78, 5) is 17.2. The number of imidazole rings is 1. The van der Waals surface area contributed by atoms with Crippen molar-refractivity contribution < 1.29 is 4.79 Å². The van der Waals surface area contributed by atoms with Crippen molar-refractivity contribution >= 4 is 28.3 Å². The molecule has 0 saturated heterocycles. The fourth-order valence-electron chi connectivity index (χ4n) is 3.47. The van der Waals surface area contributed by atoms with Gasteiger partial charge in [-0.05, 0) is 38.5 Å². The molecule has 0 radical (unpaired) electrons. The van der Waals surface area contributed by atoms with E-state index < -0.39 is 0 Å². The number of carbonyl (C=O) groups is 1. The van der Waals surface area contributed by atoms with Crippen LogP contribution in [0.15, 0.2) is 48.5 Å². The SMILES string of the molecule is CCn1c([C@H](C)NCc2nnc(C(=O)NCc3ccc(C)cc3)s2)nc2ccccc21. The van der Waals surface area contributed by atoms with E-state index in [1.807, 2.05) is 49.4 Å². The minimum absolute atomic E-state index is 0.0371. The molecule has 2 heterocycles. The van der Waals surface area contributed by atoms with Crippen molar-refractivity contribution in [2.24, 2.45) is 0 Å². The number of fused-ring (bicyclic) bond motifs is 1. The molecule has 2 N–H and O–H groups in total. The number of amides is 1. The van der Waals surface area contributed by atoms with Gasteiger partial charge in [0.1, 0.15) is 10.8 Å². The topological polar surface area (TPSA) is 84.7 Å². The molecule has 0 aliphatic rings.